The maximum Gasteiger partial charge on any atom is 0.319 e. The first-order valence-electron chi connectivity index (χ1n) is 9.84. The van der Waals surface area contributed by atoms with Crippen molar-refractivity contribution in [2.75, 3.05) is 12.4 Å². The van der Waals surface area contributed by atoms with Crippen LogP contribution in [0.15, 0.2) is 47.6 Å². The van der Waals surface area contributed by atoms with Crippen LogP contribution in [0.2, 0.25) is 0 Å². The molecule has 1 saturated carbocycles. The molecule has 0 bridgehead atoms. The van der Waals surface area contributed by atoms with Crippen LogP contribution in [0.25, 0.3) is 0 Å². The topological polar surface area (TPSA) is 72.5 Å². The number of ether oxygens (including phenoxy) is 2. The fourth-order valence-electron chi connectivity index (χ4n) is 3.44. The van der Waals surface area contributed by atoms with Gasteiger partial charge in [-0.15, -0.1) is 0 Å². The average molecular weight is 481 g/mol. The fraction of sp³-hybridized carbons (Fsp3) is 0.400. The number of hydrogen-bond acceptors (Lipinski definition) is 4. The third-order valence-corrected chi connectivity index (χ3v) is 6.25. The van der Waals surface area contributed by atoms with Crippen molar-refractivity contribution in [1.29, 1.82) is 0 Å². The molecule has 2 amide bonds. The summed E-state index contributed by atoms with van der Waals surface area (Å²) in [7, 11) is -8.74. The van der Waals surface area contributed by atoms with Crippen molar-refractivity contribution in [3.63, 3.8) is 0 Å². The Kier molecular flexibility index (Phi) is 6.31. The van der Waals surface area contributed by atoms with Gasteiger partial charge in [0.05, 0.1) is 25.5 Å². The zero-order chi connectivity index (χ0) is 23.5. The van der Waals surface area contributed by atoms with E-state index in [-0.39, 0.29) is 30.0 Å². The number of nitrogens with one attached hydrogen (secondary N) is 2. The lowest BCUT2D eigenvalue weighted by Crippen LogP contribution is -2.41. The highest BCUT2D eigenvalue weighted by atomic mass is 32.5. The number of nitrogens with zero attached hydrogens (tertiary/aromatic N) is 1. The molecule has 0 saturated heterocycles. The van der Waals surface area contributed by atoms with Gasteiger partial charge in [0, 0.05) is 18.4 Å². The van der Waals surface area contributed by atoms with Gasteiger partial charge in [-0.2, -0.15) is 0 Å². The number of methoxy groups -OCH3 is 1. The molecule has 0 atom stereocenters. The van der Waals surface area contributed by atoms with E-state index in [4.69, 9.17) is 9.47 Å². The van der Waals surface area contributed by atoms with Gasteiger partial charge in [-0.3, -0.25) is 4.98 Å². The highest BCUT2D eigenvalue weighted by Crippen LogP contribution is 3.02. The number of hydrogen-bond donors (Lipinski definition) is 2. The SMILES string of the molecule is COc1ccc(S(F)(F)(F)(F)F)cc1NC(=O)N[C@H]1CC[C@H](OCc2ccncc2)CC1. The van der Waals surface area contributed by atoms with Crippen LogP contribution in [-0.2, 0) is 11.3 Å². The highest BCUT2D eigenvalue weighted by Gasteiger charge is 2.65. The van der Waals surface area contributed by atoms with Gasteiger partial charge in [-0.25, -0.2) is 4.79 Å². The Morgan fingerprint density at radius 2 is 1.72 bits per heavy atom. The summed E-state index contributed by atoms with van der Waals surface area (Å²) in [5, 5.41) is 4.85. The number of halogens is 5. The second kappa shape index (κ2) is 8.39. The minimum Gasteiger partial charge on any atom is -0.495 e. The summed E-state index contributed by atoms with van der Waals surface area (Å²) in [6.07, 6.45) is 5.99. The first kappa shape index (κ1) is 24.1. The first-order valence-corrected chi connectivity index (χ1v) is 11.8. The van der Waals surface area contributed by atoms with Crippen molar-refractivity contribution in [2.24, 2.45) is 0 Å². The number of carbonyl (C=O) groups excluding carboxylic acids is 1. The van der Waals surface area contributed by atoms with E-state index in [1.807, 2.05) is 12.1 Å². The Bertz CT molecular complexity index is 953. The number of amides is 2. The molecule has 32 heavy (non-hydrogen) atoms. The van der Waals surface area contributed by atoms with Crippen LogP contribution in [0, 0.1) is 0 Å². The maximum atomic E-state index is 13.1. The second-order valence-corrected chi connectivity index (χ2v) is 9.98. The van der Waals surface area contributed by atoms with Crippen LogP contribution in [0.3, 0.4) is 0 Å². The van der Waals surface area contributed by atoms with Crippen molar-refractivity contribution >= 4 is 21.9 Å². The monoisotopic (exact) mass is 481 g/mol. The van der Waals surface area contributed by atoms with Gasteiger partial charge in [0.15, 0.2) is 0 Å². The summed E-state index contributed by atoms with van der Waals surface area (Å²) in [4.78, 5) is 14.1. The van der Waals surface area contributed by atoms with Crippen molar-refractivity contribution in [1.82, 2.24) is 10.3 Å². The average Bonchev–Trinajstić information content (AvgIpc) is 2.72. The standard InChI is InChI=1S/C20H24F5N3O3S/c1-30-19-7-6-17(32(21,22,23,24)25)12-18(19)28-20(29)27-15-2-4-16(5-3-15)31-13-14-8-10-26-11-9-14/h6-12,15-16H,2-5,13H2,1H3,(H2,27,28,29)/t15-,16-. The molecular formula is C20H24F5N3O3S. The van der Waals surface area contributed by atoms with Crippen molar-refractivity contribution in [2.45, 2.75) is 49.3 Å². The lowest BCUT2D eigenvalue weighted by Gasteiger charge is -2.40. The number of pyridine rings is 1. The van der Waals surface area contributed by atoms with E-state index in [2.05, 4.69) is 15.6 Å². The zero-order valence-electron chi connectivity index (χ0n) is 17.2. The van der Waals surface area contributed by atoms with Gasteiger partial charge in [-0.1, -0.05) is 19.4 Å². The second-order valence-electron chi connectivity index (χ2n) is 7.57. The number of urea groups is 1. The molecule has 1 aliphatic carbocycles. The number of carbonyl (C=O) groups is 1. The van der Waals surface area contributed by atoms with Crippen LogP contribution in [0.4, 0.5) is 29.9 Å². The van der Waals surface area contributed by atoms with E-state index in [9.17, 15) is 24.2 Å². The summed E-state index contributed by atoms with van der Waals surface area (Å²) in [5.74, 6) is -0.168. The fourth-order valence-corrected chi connectivity index (χ4v) is 4.10. The number of aromatic nitrogens is 1. The number of anilines is 1. The lowest BCUT2D eigenvalue weighted by molar-refractivity contribution is 0.0121. The van der Waals surface area contributed by atoms with Gasteiger partial charge in [0.2, 0.25) is 0 Å². The van der Waals surface area contributed by atoms with Crippen molar-refractivity contribution in [3.05, 3.63) is 48.3 Å². The number of rotatable bonds is 7. The third kappa shape index (κ3) is 6.70. The molecule has 1 aromatic heterocycles. The highest BCUT2D eigenvalue weighted by molar-refractivity contribution is 8.45. The van der Waals surface area contributed by atoms with Crippen molar-refractivity contribution < 1.29 is 33.7 Å². The molecule has 1 aliphatic rings. The number of benzene rings is 1. The molecule has 1 aromatic carbocycles. The van der Waals surface area contributed by atoms with Crippen LogP contribution in [0.1, 0.15) is 31.2 Å². The van der Waals surface area contributed by atoms with Gasteiger partial charge < -0.3 is 20.1 Å². The molecule has 0 unspecified atom stereocenters. The summed E-state index contributed by atoms with van der Waals surface area (Å²) < 4.78 is 76.2. The molecule has 3 rings (SSSR count). The normalized spacial score (nSPS) is 21.2. The van der Waals surface area contributed by atoms with Gasteiger partial charge in [0.25, 0.3) is 0 Å². The molecule has 1 heterocycles. The smallest absolute Gasteiger partial charge is 0.319 e. The third-order valence-electron chi connectivity index (χ3n) is 5.11. The minimum atomic E-state index is -9.89. The Morgan fingerprint density at radius 1 is 1.06 bits per heavy atom. The van der Waals surface area contributed by atoms with Crippen LogP contribution in [-0.4, -0.2) is 30.3 Å². The van der Waals surface area contributed by atoms with Crippen LogP contribution >= 0.6 is 10.2 Å². The minimum absolute atomic E-state index is 0.0264. The molecule has 6 nitrogen and oxygen atoms in total. The van der Waals surface area contributed by atoms with E-state index in [0.29, 0.717) is 32.3 Å². The Hall–Kier alpha value is -2.60. The Balaban J connectivity index is 1.54. The molecule has 2 aromatic rings. The van der Waals surface area contributed by atoms with E-state index in [1.165, 1.54) is 0 Å². The molecule has 0 aliphatic heterocycles. The Labute approximate surface area is 182 Å². The lowest BCUT2D eigenvalue weighted by atomic mass is 9.93. The van der Waals surface area contributed by atoms with Crippen molar-refractivity contribution in [3.8, 4) is 5.75 Å². The molecule has 0 spiro atoms. The largest absolute Gasteiger partial charge is 0.495 e. The summed E-state index contributed by atoms with van der Waals surface area (Å²) in [6, 6.07) is 3.85. The zero-order valence-corrected chi connectivity index (χ0v) is 18.0. The van der Waals surface area contributed by atoms with E-state index in [0.717, 1.165) is 18.7 Å². The Morgan fingerprint density at radius 3 is 2.31 bits per heavy atom. The van der Waals surface area contributed by atoms with E-state index < -0.39 is 26.8 Å². The summed E-state index contributed by atoms with van der Waals surface area (Å²) >= 11 is 0. The molecule has 178 valence electrons. The predicted molar refractivity (Wildman–Crippen MR) is 112 cm³/mol. The van der Waals surface area contributed by atoms with Crippen LogP contribution < -0.4 is 15.4 Å². The molecule has 0 radical (unpaired) electrons. The van der Waals surface area contributed by atoms with E-state index >= 15 is 0 Å². The van der Waals surface area contributed by atoms with Gasteiger partial charge in [0.1, 0.15) is 10.6 Å². The van der Waals surface area contributed by atoms with Crippen LogP contribution in [0.5, 0.6) is 5.75 Å². The molecule has 12 heteroatoms. The maximum absolute atomic E-state index is 13.1. The predicted octanol–water partition coefficient (Wildman–Crippen LogP) is 6.40. The van der Waals surface area contributed by atoms with Gasteiger partial charge in [-0.05, 0) is 61.6 Å². The molecular weight excluding hydrogens is 457 g/mol. The van der Waals surface area contributed by atoms with E-state index in [1.54, 1.807) is 12.4 Å². The van der Waals surface area contributed by atoms with Gasteiger partial charge >= 0.3 is 16.3 Å². The summed E-state index contributed by atoms with van der Waals surface area (Å²) in [5.41, 5.74) is 0.507. The summed E-state index contributed by atoms with van der Waals surface area (Å²) in [6.45, 7) is 0.452. The molecule has 2 N–H and O–H groups in total. The quantitative estimate of drug-likeness (QED) is 0.449. The molecule has 1 fully saturated rings. The first-order chi connectivity index (χ1) is 14.8.